The van der Waals surface area contributed by atoms with Crippen LogP contribution < -0.4 is 0 Å². The van der Waals surface area contributed by atoms with Crippen molar-refractivity contribution in [1.82, 2.24) is 15.0 Å². The van der Waals surface area contributed by atoms with Crippen molar-refractivity contribution in [3.63, 3.8) is 0 Å². The van der Waals surface area contributed by atoms with Gasteiger partial charge in [-0.25, -0.2) is 8.78 Å². The van der Waals surface area contributed by atoms with E-state index in [0.717, 1.165) is 16.0 Å². The lowest BCUT2D eigenvalue weighted by Gasteiger charge is -2.32. The summed E-state index contributed by atoms with van der Waals surface area (Å²) >= 11 is 0. The van der Waals surface area contributed by atoms with Gasteiger partial charge < -0.3 is 9.42 Å². The van der Waals surface area contributed by atoms with E-state index in [1.807, 2.05) is 25.1 Å². The average Bonchev–Trinajstić information content (AvgIpc) is 3.41. The fraction of sp³-hybridized carbons (Fsp3) is 0.276. The van der Waals surface area contributed by atoms with Crippen molar-refractivity contribution < 1.29 is 22.9 Å². The Hall–Kier alpha value is -4.45. The minimum Gasteiger partial charge on any atom is -0.361 e. The van der Waals surface area contributed by atoms with Crippen LogP contribution in [0.1, 0.15) is 46.6 Å². The van der Waals surface area contributed by atoms with Gasteiger partial charge in [-0.15, -0.1) is 0 Å². The Morgan fingerprint density at radius 2 is 1.87 bits per heavy atom. The number of Topliss-reactive ketones (excluding diaryl/α,β-unsaturated/α-hetero) is 1. The summed E-state index contributed by atoms with van der Waals surface area (Å²) in [7, 11) is 0. The van der Waals surface area contributed by atoms with Gasteiger partial charge in [-0.1, -0.05) is 41.6 Å². The molecule has 5 rings (SSSR count). The van der Waals surface area contributed by atoms with Crippen LogP contribution >= 0.6 is 0 Å². The Morgan fingerprint density at radius 1 is 1.11 bits per heavy atom. The second-order valence-corrected chi connectivity index (χ2v) is 9.56. The van der Waals surface area contributed by atoms with Gasteiger partial charge in [0, 0.05) is 35.6 Å². The van der Waals surface area contributed by atoms with E-state index in [2.05, 4.69) is 10.1 Å². The summed E-state index contributed by atoms with van der Waals surface area (Å²) in [6.45, 7) is 2.76. The maximum Gasteiger partial charge on any atom is 0.269 e. The van der Waals surface area contributed by atoms with Gasteiger partial charge in [0.25, 0.3) is 5.92 Å². The molecule has 2 aromatic heterocycles. The van der Waals surface area contributed by atoms with Crippen LogP contribution in [-0.2, 0) is 10.3 Å². The molecule has 9 heteroatoms. The highest BCUT2D eigenvalue weighted by atomic mass is 19.3. The first-order chi connectivity index (χ1) is 18.1. The highest BCUT2D eigenvalue weighted by Crippen LogP contribution is 2.46. The van der Waals surface area contributed by atoms with Gasteiger partial charge >= 0.3 is 0 Å². The summed E-state index contributed by atoms with van der Waals surface area (Å²) in [4.78, 5) is 31.8. The van der Waals surface area contributed by atoms with Crippen molar-refractivity contribution in [2.75, 3.05) is 6.54 Å². The predicted octanol–water partition coefficient (Wildman–Crippen LogP) is 5.76. The van der Waals surface area contributed by atoms with Crippen LogP contribution in [0.5, 0.6) is 0 Å². The molecule has 0 unspecified atom stereocenters. The van der Waals surface area contributed by atoms with E-state index in [-0.39, 0.29) is 18.6 Å². The minimum atomic E-state index is -3.22. The number of aryl methyl sites for hydroxylation is 2. The molecular formula is C29H24F2N4O3. The normalized spacial score (nSPS) is 18.4. The molecule has 4 aromatic rings. The largest absolute Gasteiger partial charge is 0.361 e. The number of carbonyl (C=O) groups excluding carboxylic acids is 2. The van der Waals surface area contributed by atoms with E-state index in [4.69, 9.17) is 4.52 Å². The Balaban J connectivity index is 1.41. The molecule has 1 saturated heterocycles. The van der Waals surface area contributed by atoms with Crippen molar-refractivity contribution in [2.24, 2.45) is 0 Å². The fourth-order valence-electron chi connectivity index (χ4n) is 5.26. The monoisotopic (exact) mass is 514 g/mol. The number of halogens is 2. The van der Waals surface area contributed by atoms with Crippen molar-refractivity contribution in [1.29, 1.82) is 5.26 Å². The topological polar surface area (TPSA) is 100 Å². The first-order valence-electron chi connectivity index (χ1n) is 12.2. The van der Waals surface area contributed by atoms with Gasteiger partial charge in [-0.3, -0.25) is 14.6 Å². The van der Waals surface area contributed by atoms with Crippen LogP contribution in [0.4, 0.5) is 8.78 Å². The molecule has 1 amide bonds. The van der Waals surface area contributed by atoms with Crippen LogP contribution in [0.2, 0.25) is 0 Å². The van der Waals surface area contributed by atoms with Crippen molar-refractivity contribution in [3.05, 3.63) is 83.4 Å². The highest BCUT2D eigenvalue weighted by Gasteiger charge is 2.57. The third-order valence-electron chi connectivity index (χ3n) is 7.03. The van der Waals surface area contributed by atoms with Gasteiger partial charge in [-0.2, -0.15) is 5.26 Å². The molecule has 1 aliphatic heterocycles. The number of nitriles is 1. The van der Waals surface area contributed by atoms with E-state index < -0.39 is 30.3 Å². The summed E-state index contributed by atoms with van der Waals surface area (Å²) in [6.07, 6.45) is 0.216. The second kappa shape index (κ2) is 9.45. The van der Waals surface area contributed by atoms with Crippen LogP contribution in [0, 0.1) is 25.2 Å². The fourth-order valence-corrected chi connectivity index (χ4v) is 5.26. The Morgan fingerprint density at radius 3 is 2.55 bits per heavy atom. The van der Waals surface area contributed by atoms with Gasteiger partial charge in [0.05, 0.1) is 30.2 Å². The molecule has 1 atom stereocenters. The average molecular weight is 515 g/mol. The summed E-state index contributed by atoms with van der Waals surface area (Å²) in [5, 5.41) is 14.6. The number of hydrogen-bond acceptors (Lipinski definition) is 6. The maximum atomic E-state index is 14.5. The molecular weight excluding hydrogens is 490 g/mol. The van der Waals surface area contributed by atoms with Crippen LogP contribution in [0.25, 0.3) is 22.0 Å². The lowest BCUT2D eigenvalue weighted by Crippen LogP contribution is -2.44. The van der Waals surface area contributed by atoms with Crippen molar-refractivity contribution in [3.8, 4) is 17.2 Å². The number of carbonyl (C=O) groups is 2. The van der Waals surface area contributed by atoms with Gasteiger partial charge in [-0.05, 0) is 43.2 Å². The van der Waals surface area contributed by atoms with E-state index >= 15 is 0 Å². The Bertz CT molecular complexity index is 1570. The summed E-state index contributed by atoms with van der Waals surface area (Å²) in [6, 6.07) is 17.2. The van der Waals surface area contributed by atoms with E-state index in [0.29, 0.717) is 33.5 Å². The molecule has 0 radical (unpaired) electrons. The van der Waals surface area contributed by atoms with Crippen molar-refractivity contribution >= 4 is 22.6 Å². The molecule has 0 saturated carbocycles. The number of alkyl halides is 2. The third kappa shape index (κ3) is 4.32. The SMILES string of the molecule is Cc1noc(C)c1-c1ccc2nccc(C(=O)CCC(=O)N3CC(F)(F)C[C@]3(C#N)c3ccccc3)c2c1. The van der Waals surface area contributed by atoms with Gasteiger partial charge in [0.15, 0.2) is 11.3 Å². The molecule has 192 valence electrons. The number of pyridine rings is 1. The number of fused-ring (bicyclic) bond motifs is 1. The van der Waals surface area contributed by atoms with Crippen LogP contribution in [0.15, 0.2) is 65.3 Å². The summed E-state index contributed by atoms with van der Waals surface area (Å²) in [5.41, 5.74) is 1.86. The number of amides is 1. The Kier molecular flexibility index (Phi) is 6.27. The molecule has 38 heavy (non-hydrogen) atoms. The number of hydrogen-bond donors (Lipinski definition) is 0. The quantitative estimate of drug-likeness (QED) is 0.304. The van der Waals surface area contributed by atoms with E-state index in [1.54, 1.807) is 49.4 Å². The van der Waals surface area contributed by atoms with E-state index in [1.165, 1.54) is 6.20 Å². The van der Waals surface area contributed by atoms with Crippen LogP contribution in [0.3, 0.4) is 0 Å². The smallest absolute Gasteiger partial charge is 0.269 e. The highest BCUT2D eigenvalue weighted by molar-refractivity contribution is 6.08. The Labute approximate surface area is 217 Å². The molecule has 1 aliphatic rings. The molecule has 2 aromatic carbocycles. The number of nitrogens with zero attached hydrogens (tertiary/aromatic N) is 4. The van der Waals surface area contributed by atoms with Gasteiger partial charge in [0.1, 0.15) is 5.76 Å². The van der Waals surface area contributed by atoms with Gasteiger partial charge in [0.2, 0.25) is 5.91 Å². The number of rotatable bonds is 6. The number of likely N-dealkylation sites (tertiary alicyclic amines) is 1. The lowest BCUT2D eigenvalue weighted by molar-refractivity contribution is -0.135. The third-order valence-corrected chi connectivity index (χ3v) is 7.03. The number of aromatic nitrogens is 2. The molecule has 0 spiro atoms. The lowest BCUT2D eigenvalue weighted by atomic mass is 9.87. The molecule has 1 fully saturated rings. The standard InChI is InChI=1S/C29H24F2N4O3/c1-18-27(19(2)38-34-18)20-8-9-24-23(14-20)22(12-13-33-24)25(36)10-11-26(37)35-17-29(30,31)15-28(35,16-32)21-6-4-3-5-7-21/h3-9,12-14H,10-11,15,17H2,1-2H3/t28-/m0/s1. The first kappa shape index (κ1) is 25.2. The zero-order valence-electron chi connectivity index (χ0n) is 20.9. The maximum absolute atomic E-state index is 14.5. The molecule has 3 heterocycles. The number of benzene rings is 2. The second-order valence-electron chi connectivity index (χ2n) is 9.56. The minimum absolute atomic E-state index is 0.203. The summed E-state index contributed by atoms with van der Waals surface area (Å²) < 4.78 is 34.4. The first-order valence-corrected chi connectivity index (χ1v) is 12.2. The van der Waals surface area contributed by atoms with E-state index in [9.17, 15) is 23.6 Å². The zero-order valence-corrected chi connectivity index (χ0v) is 20.9. The molecule has 7 nitrogen and oxygen atoms in total. The number of ketones is 1. The molecule has 0 N–H and O–H groups in total. The van der Waals surface area contributed by atoms with Crippen molar-refractivity contribution in [2.45, 2.75) is 44.6 Å². The molecule has 0 bridgehead atoms. The summed E-state index contributed by atoms with van der Waals surface area (Å²) in [5.74, 6) is -3.57. The zero-order chi connectivity index (χ0) is 27.1. The van der Waals surface area contributed by atoms with Crippen LogP contribution in [-0.4, -0.2) is 39.2 Å². The molecule has 0 aliphatic carbocycles. The predicted molar refractivity (Wildman–Crippen MR) is 135 cm³/mol.